The molecule has 2 atom stereocenters. The van der Waals surface area contributed by atoms with E-state index in [-0.39, 0.29) is 23.2 Å². The number of nitrogen functional groups attached to an aromatic ring is 1. The van der Waals surface area contributed by atoms with E-state index in [1.54, 1.807) is 80.9 Å². The Labute approximate surface area is 280 Å². The molecule has 0 aliphatic heterocycles. The number of nitrogens with zero attached hydrogens (tertiary/aromatic N) is 5. The number of methoxy groups -OCH3 is 2. The molecule has 0 aliphatic rings. The van der Waals surface area contributed by atoms with E-state index in [0.29, 0.717) is 53.0 Å². The number of aromatic nitrogens is 2. The molecule has 2 amide bonds. The Kier molecular flexibility index (Phi) is 14.5. The number of pyridine rings is 2. The van der Waals surface area contributed by atoms with E-state index in [2.05, 4.69) is 29.0 Å². The summed E-state index contributed by atoms with van der Waals surface area (Å²) < 4.78 is 21.0. The first-order chi connectivity index (χ1) is 23.2. The van der Waals surface area contributed by atoms with Crippen molar-refractivity contribution in [3.8, 4) is 23.6 Å². The van der Waals surface area contributed by atoms with Crippen LogP contribution in [0.4, 0.5) is 21.2 Å². The van der Waals surface area contributed by atoms with E-state index in [0.717, 1.165) is 12.0 Å². The second kappa shape index (κ2) is 19.0. The van der Waals surface area contributed by atoms with Crippen LogP contribution in [-0.4, -0.2) is 49.6 Å². The monoisotopic (exact) mass is 650 g/mol. The van der Waals surface area contributed by atoms with Gasteiger partial charge >= 0.3 is 12.2 Å². The summed E-state index contributed by atoms with van der Waals surface area (Å²) in [6, 6.07) is 24.2. The van der Waals surface area contributed by atoms with E-state index in [4.69, 9.17) is 29.9 Å². The van der Waals surface area contributed by atoms with Crippen LogP contribution in [0.15, 0.2) is 85.2 Å². The van der Waals surface area contributed by atoms with Crippen LogP contribution < -0.4 is 20.1 Å². The lowest BCUT2D eigenvalue weighted by Crippen LogP contribution is -2.41. The van der Waals surface area contributed by atoms with Gasteiger partial charge in [-0.25, -0.2) is 19.6 Å². The van der Waals surface area contributed by atoms with Crippen molar-refractivity contribution in [1.29, 1.82) is 10.5 Å². The van der Waals surface area contributed by atoms with Crippen LogP contribution in [0.3, 0.4) is 0 Å². The highest BCUT2D eigenvalue weighted by molar-refractivity contribution is 6.09. The zero-order chi connectivity index (χ0) is 34.9. The van der Waals surface area contributed by atoms with Crippen LogP contribution in [0.25, 0.3) is 0 Å². The first-order valence-corrected chi connectivity index (χ1v) is 15.0. The third-order valence-corrected chi connectivity index (χ3v) is 6.76. The molecule has 0 saturated carbocycles. The van der Waals surface area contributed by atoms with E-state index < -0.39 is 12.2 Å². The molecule has 48 heavy (non-hydrogen) atoms. The maximum Gasteiger partial charge on any atom is 0.430 e. The molecule has 2 aromatic carbocycles. The highest BCUT2D eigenvalue weighted by Crippen LogP contribution is 2.23. The fourth-order valence-electron chi connectivity index (χ4n) is 4.63. The van der Waals surface area contributed by atoms with Gasteiger partial charge in [0, 0.05) is 39.8 Å². The Morgan fingerprint density at radius 3 is 1.62 bits per heavy atom. The zero-order valence-corrected chi connectivity index (χ0v) is 27.3. The lowest BCUT2D eigenvalue weighted by atomic mass is 9.99. The minimum atomic E-state index is -0.991. The van der Waals surface area contributed by atoms with Crippen LogP contribution in [0.5, 0.6) is 11.5 Å². The molecule has 0 aliphatic carbocycles. The maximum atomic E-state index is 13.0. The van der Waals surface area contributed by atoms with Gasteiger partial charge in [0.1, 0.15) is 35.3 Å². The number of carbonyl (C=O) groups excluding carboxylic acids is 2. The standard InChI is InChI=1S/C25H23N3O5.C11H15N3O/c1-18(17-31-2)13-19-14-23(27-16-20(19)15-26)28(24(29)32-21-9-5-3-6-10-21)25(30)33-22-11-7-4-8-12-22;1-8(7-15-2)3-9-4-11(13)14-6-10(9)5-12/h3-12,14,16,18H,13,17H2,1-2H3;4,6,8H,3,7H2,1-2H3,(H2,13,14)/t18-;8-/m00/s1. The fraction of sp³-hybridized carbons (Fsp3) is 0.278. The first-order valence-electron chi connectivity index (χ1n) is 15.0. The Morgan fingerprint density at radius 1 is 0.750 bits per heavy atom. The highest BCUT2D eigenvalue weighted by Gasteiger charge is 2.30. The second-order valence-corrected chi connectivity index (χ2v) is 10.9. The van der Waals surface area contributed by atoms with Gasteiger partial charge in [0.05, 0.1) is 11.1 Å². The largest absolute Gasteiger partial charge is 0.430 e. The van der Waals surface area contributed by atoms with Gasteiger partial charge in [-0.2, -0.15) is 15.4 Å². The van der Waals surface area contributed by atoms with Crippen LogP contribution in [0.1, 0.15) is 36.1 Å². The number of anilines is 2. The topological polar surface area (TPSA) is 174 Å². The van der Waals surface area contributed by atoms with Gasteiger partial charge in [-0.3, -0.25) is 0 Å². The van der Waals surface area contributed by atoms with E-state index in [1.807, 2.05) is 6.92 Å². The van der Waals surface area contributed by atoms with Gasteiger partial charge in [-0.05, 0) is 72.2 Å². The number of nitriles is 2. The summed E-state index contributed by atoms with van der Waals surface area (Å²) in [7, 11) is 3.27. The van der Waals surface area contributed by atoms with Gasteiger partial charge in [0.2, 0.25) is 0 Å². The number of hydrogen-bond donors (Lipinski definition) is 1. The minimum absolute atomic E-state index is 0.0181. The van der Waals surface area contributed by atoms with E-state index in [9.17, 15) is 14.9 Å². The maximum absolute atomic E-state index is 13.0. The smallest absolute Gasteiger partial charge is 0.410 e. The van der Waals surface area contributed by atoms with Crippen molar-refractivity contribution >= 4 is 23.8 Å². The van der Waals surface area contributed by atoms with Crippen LogP contribution >= 0.6 is 0 Å². The van der Waals surface area contributed by atoms with Gasteiger partial charge in [-0.15, -0.1) is 0 Å². The number of amides is 2. The van der Waals surface area contributed by atoms with Crippen molar-refractivity contribution in [1.82, 2.24) is 9.97 Å². The average Bonchev–Trinajstić information content (AvgIpc) is 3.06. The molecule has 4 aromatic rings. The minimum Gasteiger partial charge on any atom is -0.410 e. The highest BCUT2D eigenvalue weighted by atomic mass is 16.6. The van der Waals surface area contributed by atoms with Gasteiger partial charge in [0.15, 0.2) is 0 Å². The molecule has 0 saturated heterocycles. The molecular formula is C36H38N6O6. The third-order valence-electron chi connectivity index (χ3n) is 6.76. The first kappa shape index (κ1) is 36.6. The normalized spacial score (nSPS) is 11.5. The lowest BCUT2D eigenvalue weighted by Gasteiger charge is -2.20. The van der Waals surface area contributed by atoms with Crippen molar-refractivity contribution in [2.75, 3.05) is 38.1 Å². The summed E-state index contributed by atoms with van der Waals surface area (Å²) in [5, 5.41) is 18.4. The molecule has 0 spiro atoms. The number of rotatable bonds is 11. The van der Waals surface area contributed by atoms with Crippen molar-refractivity contribution in [3.63, 3.8) is 0 Å². The number of benzene rings is 2. The summed E-state index contributed by atoms with van der Waals surface area (Å²) in [4.78, 5) is 34.8. The van der Waals surface area contributed by atoms with E-state index in [1.165, 1.54) is 18.5 Å². The fourth-order valence-corrected chi connectivity index (χ4v) is 4.63. The molecule has 4 rings (SSSR count). The number of para-hydroxylation sites is 2. The summed E-state index contributed by atoms with van der Waals surface area (Å²) >= 11 is 0. The predicted octanol–water partition coefficient (Wildman–Crippen LogP) is 6.34. The molecule has 0 unspecified atom stereocenters. The van der Waals surface area contributed by atoms with Crippen molar-refractivity contribution in [3.05, 3.63) is 107 Å². The predicted molar refractivity (Wildman–Crippen MR) is 179 cm³/mol. The summed E-state index contributed by atoms with van der Waals surface area (Å²) in [5.41, 5.74) is 8.07. The van der Waals surface area contributed by atoms with Crippen molar-refractivity contribution in [2.45, 2.75) is 26.7 Å². The number of imide groups is 1. The Bertz CT molecular complexity index is 1670. The molecule has 0 fully saturated rings. The lowest BCUT2D eigenvalue weighted by molar-refractivity contribution is 0.159. The molecule has 12 heteroatoms. The Balaban J connectivity index is 0.000000348. The average molecular weight is 651 g/mol. The molecule has 2 N–H and O–H groups in total. The summed E-state index contributed by atoms with van der Waals surface area (Å²) in [6.45, 7) is 5.20. The molecule has 0 radical (unpaired) electrons. The molecular weight excluding hydrogens is 612 g/mol. The molecule has 0 bridgehead atoms. The molecule has 12 nitrogen and oxygen atoms in total. The van der Waals surface area contributed by atoms with E-state index >= 15 is 0 Å². The van der Waals surface area contributed by atoms with Crippen molar-refractivity contribution in [2.24, 2.45) is 11.8 Å². The van der Waals surface area contributed by atoms with Crippen LogP contribution in [0.2, 0.25) is 0 Å². The summed E-state index contributed by atoms with van der Waals surface area (Å²) in [6.07, 6.45) is 2.13. The van der Waals surface area contributed by atoms with Crippen molar-refractivity contribution < 1.29 is 28.5 Å². The third kappa shape index (κ3) is 11.2. The van der Waals surface area contributed by atoms with Gasteiger partial charge in [-0.1, -0.05) is 50.2 Å². The number of hydrogen-bond acceptors (Lipinski definition) is 11. The quantitative estimate of drug-likeness (QED) is 0.192. The van der Waals surface area contributed by atoms with Crippen LogP contribution in [0, 0.1) is 34.5 Å². The Hall–Kier alpha value is -5.82. The molecule has 2 heterocycles. The second-order valence-electron chi connectivity index (χ2n) is 10.9. The van der Waals surface area contributed by atoms with Gasteiger partial charge in [0.25, 0.3) is 0 Å². The molecule has 248 valence electrons. The molecule has 2 aromatic heterocycles. The SMILES string of the molecule is COC[C@@H](C)Cc1cc(N(C(=O)Oc2ccccc2)C(=O)Oc2ccccc2)ncc1C#N.COC[C@@H](C)Cc1cc(N)ncc1C#N. The summed E-state index contributed by atoms with van der Waals surface area (Å²) in [5.74, 6) is 1.40. The number of carbonyl (C=O) groups is 2. The van der Waals surface area contributed by atoms with Gasteiger partial charge < -0.3 is 24.7 Å². The van der Waals surface area contributed by atoms with Crippen LogP contribution in [-0.2, 0) is 22.3 Å². The zero-order valence-electron chi connectivity index (χ0n) is 27.3. The Morgan fingerprint density at radius 2 is 1.19 bits per heavy atom. The number of nitrogens with two attached hydrogens (primary N) is 1. The number of ether oxygens (including phenoxy) is 4.